The van der Waals surface area contributed by atoms with Crippen LogP contribution in [0.3, 0.4) is 0 Å². The van der Waals surface area contributed by atoms with Crippen LogP contribution < -0.4 is 10.6 Å². The number of oxazole rings is 1. The van der Waals surface area contributed by atoms with E-state index < -0.39 is 5.91 Å². The first-order chi connectivity index (χ1) is 17.7. The molecular weight excluding hydrogens is 510 g/mol. The maximum atomic E-state index is 12.7. The number of rotatable bonds is 4. The van der Waals surface area contributed by atoms with Gasteiger partial charge in [0.15, 0.2) is 16.5 Å². The monoisotopic (exact) mass is 531 g/mol. The van der Waals surface area contributed by atoms with Gasteiger partial charge in [-0.2, -0.15) is 0 Å². The SMILES string of the molecule is Cc1cc(C)c2oc(-c3cc(NC(=S)NC(=O)c4ccc(-c5ccc(C)c(Cl)c5)o4)ccc3O)nc2c1. The van der Waals surface area contributed by atoms with E-state index in [1.807, 2.05) is 45.0 Å². The number of amides is 1. The summed E-state index contributed by atoms with van der Waals surface area (Å²) in [4.78, 5) is 17.2. The van der Waals surface area contributed by atoms with Crippen molar-refractivity contribution < 1.29 is 18.7 Å². The first-order valence-electron chi connectivity index (χ1n) is 11.4. The Hall–Kier alpha value is -4.14. The summed E-state index contributed by atoms with van der Waals surface area (Å²) in [5, 5.41) is 16.7. The molecule has 9 heteroatoms. The zero-order valence-electron chi connectivity index (χ0n) is 20.2. The fourth-order valence-electron chi connectivity index (χ4n) is 3.97. The summed E-state index contributed by atoms with van der Waals surface area (Å²) in [6, 6.07) is 17.5. The van der Waals surface area contributed by atoms with Gasteiger partial charge in [-0.05, 0) is 92.1 Å². The lowest BCUT2D eigenvalue weighted by Gasteiger charge is -2.10. The van der Waals surface area contributed by atoms with Crippen LogP contribution in [0.15, 0.2) is 69.5 Å². The number of hydrogen-bond donors (Lipinski definition) is 3. The maximum Gasteiger partial charge on any atom is 0.293 e. The molecule has 186 valence electrons. The summed E-state index contributed by atoms with van der Waals surface area (Å²) < 4.78 is 11.6. The van der Waals surface area contributed by atoms with Crippen molar-refractivity contribution in [3.63, 3.8) is 0 Å². The van der Waals surface area contributed by atoms with E-state index >= 15 is 0 Å². The van der Waals surface area contributed by atoms with E-state index in [-0.39, 0.29) is 22.5 Å². The third-order valence-electron chi connectivity index (χ3n) is 5.82. The number of anilines is 1. The molecule has 0 spiro atoms. The van der Waals surface area contributed by atoms with Gasteiger partial charge in [0.25, 0.3) is 5.91 Å². The Morgan fingerprint density at radius 2 is 1.78 bits per heavy atom. The highest BCUT2D eigenvalue weighted by Crippen LogP contribution is 2.34. The van der Waals surface area contributed by atoms with Gasteiger partial charge in [0.05, 0.1) is 5.56 Å². The molecule has 3 aromatic carbocycles. The molecule has 0 atom stereocenters. The van der Waals surface area contributed by atoms with Crippen molar-refractivity contribution in [2.45, 2.75) is 20.8 Å². The van der Waals surface area contributed by atoms with Crippen LogP contribution in [0.25, 0.3) is 33.9 Å². The van der Waals surface area contributed by atoms with E-state index in [2.05, 4.69) is 15.6 Å². The van der Waals surface area contributed by atoms with Crippen molar-refractivity contribution in [3.05, 3.63) is 88.1 Å². The predicted molar refractivity (Wildman–Crippen MR) is 148 cm³/mol. The molecule has 2 aromatic heterocycles. The number of nitrogens with zero attached hydrogens (tertiary/aromatic N) is 1. The topological polar surface area (TPSA) is 101 Å². The van der Waals surface area contributed by atoms with E-state index in [0.29, 0.717) is 33.1 Å². The van der Waals surface area contributed by atoms with Crippen LogP contribution in [0.1, 0.15) is 27.2 Å². The molecule has 0 unspecified atom stereocenters. The van der Waals surface area contributed by atoms with Crippen molar-refractivity contribution in [3.8, 4) is 28.5 Å². The minimum absolute atomic E-state index is 0.000703. The van der Waals surface area contributed by atoms with Gasteiger partial charge in [-0.3, -0.25) is 10.1 Å². The van der Waals surface area contributed by atoms with Gasteiger partial charge in [-0.1, -0.05) is 29.8 Å². The van der Waals surface area contributed by atoms with Gasteiger partial charge in [0, 0.05) is 16.3 Å². The lowest BCUT2D eigenvalue weighted by Crippen LogP contribution is -2.33. The molecule has 5 rings (SSSR count). The Morgan fingerprint density at radius 3 is 2.57 bits per heavy atom. The standard InChI is InChI=1S/C28H22ClN3O4S/c1-14-10-16(3)25-21(11-14)31-27(36-25)19-13-18(6-7-22(19)33)30-28(37)32-26(34)24-9-8-23(35-24)17-5-4-15(2)20(29)12-17/h4-13,33H,1-3H3,(H2,30,32,34,37). The number of aromatic nitrogens is 1. The van der Waals surface area contributed by atoms with Crippen LogP contribution >= 0.6 is 23.8 Å². The van der Waals surface area contributed by atoms with Crippen LogP contribution in [0.5, 0.6) is 5.75 Å². The predicted octanol–water partition coefficient (Wildman–Crippen LogP) is 7.17. The second kappa shape index (κ2) is 9.72. The van der Waals surface area contributed by atoms with Gasteiger partial charge in [-0.25, -0.2) is 4.98 Å². The van der Waals surface area contributed by atoms with E-state index in [4.69, 9.17) is 32.7 Å². The molecule has 2 heterocycles. The summed E-state index contributed by atoms with van der Waals surface area (Å²) in [6.45, 7) is 5.84. The minimum Gasteiger partial charge on any atom is -0.507 e. The highest BCUT2D eigenvalue weighted by molar-refractivity contribution is 7.80. The smallest absolute Gasteiger partial charge is 0.293 e. The van der Waals surface area contributed by atoms with Crippen LogP contribution in [0.2, 0.25) is 5.02 Å². The molecule has 3 N–H and O–H groups in total. The zero-order chi connectivity index (χ0) is 26.3. The Balaban J connectivity index is 1.31. The van der Waals surface area contributed by atoms with Crippen LogP contribution in [-0.4, -0.2) is 21.1 Å². The molecule has 37 heavy (non-hydrogen) atoms. The van der Waals surface area contributed by atoms with Crippen molar-refractivity contribution in [1.82, 2.24) is 10.3 Å². The van der Waals surface area contributed by atoms with Gasteiger partial charge in [-0.15, -0.1) is 0 Å². The van der Waals surface area contributed by atoms with Gasteiger partial charge in [0.1, 0.15) is 17.0 Å². The molecule has 5 aromatic rings. The van der Waals surface area contributed by atoms with Crippen LogP contribution in [0, 0.1) is 20.8 Å². The molecule has 7 nitrogen and oxygen atoms in total. The fourth-order valence-corrected chi connectivity index (χ4v) is 4.36. The Bertz CT molecular complexity index is 1690. The quantitative estimate of drug-likeness (QED) is 0.167. The van der Waals surface area contributed by atoms with Crippen molar-refractivity contribution >= 4 is 51.6 Å². The number of benzene rings is 3. The Kier molecular flexibility index (Phi) is 6.45. The zero-order valence-corrected chi connectivity index (χ0v) is 21.8. The number of aryl methyl sites for hydroxylation is 3. The third kappa shape index (κ3) is 5.07. The summed E-state index contributed by atoms with van der Waals surface area (Å²) in [5.41, 5.74) is 6.02. The fraction of sp³-hybridized carbons (Fsp3) is 0.107. The van der Waals surface area contributed by atoms with Gasteiger partial charge < -0.3 is 19.3 Å². The number of hydrogen-bond acceptors (Lipinski definition) is 6. The number of fused-ring (bicyclic) bond motifs is 1. The second-order valence-corrected chi connectivity index (χ2v) is 9.53. The number of carbonyl (C=O) groups is 1. The number of halogens is 1. The number of thiocarbonyl (C=S) groups is 1. The summed E-state index contributed by atoms with van der Waals surface area (Å²) >= 11 is 11.5. The Labute approximate surface area is 223 Å². The lowest BCUT2D eigenvalue weighted by molar-refractivity contribution is 0.0951. The highest BCUT2D eigenvalue weighted by atomic mass is 35.5. The van der Waals surface area contributed by atoms with Crippen LogP contribution in [0.4, 0.5) is 5.69 Å². The molecular formula is C28H22ClN3O4S. The summed E-state index contributed by atoms with van der Waals surface area (Å²) in [6.07, 6.45) is 0. The number of furan rings is 1. The molecule has 0 saturated heterocycles. The highest BCUT2D eigenvalue weighted by Gasteiger charge is 2.17. The van der Waals surface area contributed by atoms with Gasteiger partial charge >= 0.3 is 0 Å². The van der Waals surface area contributed by atoms with Crippen molar-refractivity contribution in [2.24, 2.45) is 0 Å². The molecule has 0 saturated carbocycles. The molecule has 1 amide bonds. The van der Waals surface area contributed by atoms with Crippen LogP contribution in [-0.2, 0) is 0 Å². The minimum atomic E-state index is -0.509. The second-order valence-electron chi connectivity index (χ2n) is 8.72. The Morgan fingerprint density at radius 1 is 0.973 bits per heavy atom. The molecule has 0 fully saturated rings. The molecule has 0 aliphatic carbocycles. The number of nitrogens with one attached hydrogen (secondary N) is 2. The van der Waals surface area contributed by atoms with E-state index in [9.17, 15) is 9.90 Å². The summed E-state index contributed by atoms with van der Waals surface area (Å²) in [7, 11) is 0. The number of phenolic OH excluding ortho intramolecular Hbond substituents is 1. The number of phenols is 1. The first-order valence-corrected chi connectivity index (χ1v) is 12.2. The number of carbonyl (C=O) groups excluding carboxylic acids is 1. The largest absolute Gasteiger partial charge is 0.507 e. The average molecular weight is 532 g/mol. The lowest BCUT2D eigenvalue weighted by atomic mass is 10.1. The molecule has 0 radical (unpaired) electrons. The van der Waals surface area contributed by atoms with E-state index in [1.165, 1.54) is 6.07 Å². The van der Waals surface area contributed by atoms with Crippen molar-refractivity contribution in [1.29, 1.82) is 0 Å². The molecule has 0 aliphatic rings. The first kappa shape index (κ1) is 24.5. The molecule has 0 aliphatic heterocycles. The number of aromatic hydroxyl groups is 1. The normalized spacial score (nSPS) is 11.0. The van der Waals surface area contributed by atoms with E-state index in [1.54, 1.807) is 30.3 Å². The maximum absolute atomic E-state index is 12.7. The molecule has 0 bridgehead atoms. The average Bonchev–Trinajstić information content (AvgIpc) is 3.50. The van der Waals surface area contributed by atoms with Crippen molar-refractivity contribution in [2.75, 3.05) is 5.32 Å². The third-order valence-corrected chi connectivity index (χ3v) is 6.43. The summed E-state index contributed by atoms with van der Waals surface area (Å²) in [5.74, 6) is 0.378. The van der Waals surface area contributed by atoms with E-state index in [0.717, 1.165) is 22.3 Å². The van der Waals surface area contributed by atoms with Gasteiger partial charge in [0.2, 0.25) is 5.89 Å².